The lowest BCUT2D eigenvalue weighted by Crippen LogP contribution is -2.02. The van der Waals surface area contributed by atoms with E-state index in [2.05, 4.69) is 4.72 Å². The molecule has 2 rings (SSSR count). The summed E-state index contributed by atoms with van der Waals surface area (Å²) in [6.07, 6.45) is 1.63. The molecule has 0 spiro atoms. The number of hydrogen-bond donors (Lipinski definition) is 2. The van der Waals surface area contributed by atoms with E-state index in [0.29, 0.717) is 21.3 Å². The maximum atomic E-state index is 12.1. The fourth-order valence-corrected chi connectivity index (χ4v) is 3.31. The highest BCUT2D eigenvalue weighted by atomic mass is 35.5. The minimum atomic E-state index is -1.42. The molecule has 0 aliphatic rings. The third kappa shape index (κ3) is 4.49. The lowest BCUT2D eigenvalue weighted by Gasteiger charge is -2.07. The van der Waals surface area contributed by atoms with Gasteiger partial charge in [-0.15, -0.1) is 0 Å². The number of para-hydroxylation sites is 1. The summed E-state index contributed by atoms with van der Waals surface area (Å²) in [4.78, 5) is 0.815. The molecule has 0 aliphatic heterocycles. The van der Waals surface area contributed by atoms with Crippen LogP contribution in [0.4, 0.5) is 5.69 Å². The van der Waals surface area contributed by atoms with E-state index < -0.39 is 11.0 Å². The summed E-state index contributed by atoms with van der Waals surface area (Å²) in [6.45, 7) is 0. The Morgan fingerprint density at radius 1 is 1.10 bits per heavy atom. The van der Waals surface area contributed by atoms with Gasteiger partial charge >= 0.3 is 0 Å². The second kappa shape index (κ2) is 7.87. The first-order valence-electron chi connectivity index (χ1n) is 5.87. The predicted octanol–water partition coefficient (Wildman–Crippen LogP) is 4.71. The van der Waals surface area contributed by atoms with Crippen LogP contribution in [0.25, 0.3) is 6.08 Å². The molecule has 0 saturated heterocycles. The quantitative estimate of drug-likeness (QED) is 0.761. The standard InChI is InChI=1S/C14H12Cl2N2OS2/c15-11-4-3-5-12(16)10(11)8-9-21(19)18-13-6-1-2-7-14(13)20-17/h1-9,18H,17H2/b9-8+. The lowest BCUT2D eigenvalue weighted by molar-refractivity contribution is 0.691. The first-order chi connectivity index (χ1) is 10.1. The Hall–Kier alpha value is -0.980. The molecule has 0 heterocycles. The molecule has 0 radical (unpaired) electrons. The van der Waals surface area contributed by atoms with Crippen LogP contribution < -0.4 is 9.86 Å². The van der Waals surface area contributed by atoms with E-state index >= 15 is 0 Å². The van der Waals surface area contributed by atoms with E-state index in [9.17, 15) is 4.21 Å². The van der Waals surface area contributed by atoms with Gasteiger partial charge in [-0.1, -0.05) is 41.4 Å². The van der Waals surface area contributed by atoms with Crippen molar-refractivity contribution in [3.8, 4) is 0 Å². The summed E-state index contributed by atoms with van der Waals surface area (Å²) < 4.78 is 14.9. The molecule has 0 aliphatic carbocycles. The van der Waals surface area contributed by atoms with Gasteiger partial charge in [0, 0.05) is 25.9 Å². The van der Waals surface area contributed by atoms with E-state index in [0.717, 1.165) is 16.8 Å². The number of rotatable bonds is 5. The zero-order valence-corrected chi connectivity index (χ0v) is 13.9. The zero-order chi connectivity index (χ0) is 15.2. The van der Waals surface area contributed by atoms with Gasteiger partial charge in [0.15, 0.2) is 0 Å². The average Bonchev–Trinajstić information content (AvgIpc) is 2.47. The fourth-order valence-electron chi connectivity index (χ4n) is 1.60. The Labute approximate surface area is 140 Å². The fraction of sp³-hybridized carbons (Fsp3) is 0. The van der Waals surface area contributed by atoms with Crippen molar-refractivity contribution in [2.45, 2.75) is 4.90 Å². The average molecular weight is 359 g/mol. The van der Waals surface area contributed by atoms with Crippen LogP contribution in [0.5, 0.6) is 0 Å². The molecule has 1 unspecified atom stereocenters. The van der Waals surface area contributed by atoms with Gasteiger partial charge in [0.05, 0.1) is 5.69 Å². The maximum absolute atomic E-state index is 12.1. The highest BCUT2D eigenvalue weighted by molar-refractivity contribution is 7.97. The smallest absolute Gasteiger partial charge is 0.142 e. The minimum Gasteiger partial charge on any atom is -0.300 e. The zero-order valence-electron chi connectivity index (χ0n) is 10.8. The first kappa shape index (κ1) is 16.4. The molecule has 21 heavy (non-hydrogen) atoms. The SMILES string of the molecule is NSc1ccccc1NS(=O)/C=C/c1c(Cl)cccc1Cl. The number of nitrogens with two attached hydrogens (primary N) is 1. The highest BCUT2D eigenvalue weighted by Crippen LogP contribution is 2.26. The van der Waals surface area contributed by atoms with Crippen molar-refractivity contribution in [3.63, 3.8) is 0 Å². The second-order valence-electron chi connectivity index (χ2n) is 3.95. The summed E-state index contributed by atoms with van der Waals surface area (Å²) in [5, 5.41) is 8.06. The van der Waals surface area contributed by atoms with E-state index in [1.807, 2.05) is 24.3 Å². The van der Waals surface area contributed by atoms with E-state index in [4.69, 9.17) is 28.3 Å². The van der Waals surface area contributed by atoms with E-state index in [-0.39, 0.29) is 0 Å². The number of hydrogen-bond acceptors (Lipinski definition) is 3. The minimum absolute atomic E-state index is 0.508. The molecule has 110 valence electrons. The lowest BCUT2D eigenvalue weighted by atomic mass is 10.2. The van der Waals surface area contributed by atoms with Crippen molar-refractivity contribution >= 4 is 57.9 Å². The van der Waals surface area contributed by atoms with Crippen molar-refractivity contribution in [2.24, 2.45) is 5.14 Å². The molecule has 3 nitrogen and oxygen atoms in total. The van der Waals surface area contributed by atoms with Crippen molar-refractivity contribution in [1.82, 2.24) is 0 Å². The molecule has 7 heteroatoms. The van der Waals surface area contributed by atoms with Crippen LogP contribution in [0.3, 0.4) is 0 Å². The van der Waals surface area contributed by atoms with Crippen LogP contribution in [0.2, 0.25) is 10.0 Å². The van der Waals surface area contributed by atoms with Gasteiger partial charge in [-0.25, -0.2) is 4.21 Å². The van der Waals surface area contributed by atoms with Gasteiger partial charge in [0.2, 0.25) is 0 Å². The van der Waals surface area contributed by atoms with Crippen LogP contribution in [-0.4, -0.2) is 4.21 Å². The summed E-state index contributed by atoms with van der Waals surface area (Å²) >= 11 is 13.2. The number of nitrogens with one attached hydrogen (secondary N) is 1. The summed E-state index contributed by atoms with van der Waals surface area (Å²) in [5.41, 5.74) is 1.34. The molecule has 0 fully saturated rings. The van der Waals surface area contributed by atoms with Gasteiger partial charge in [-0.3, -0.25) is 5.14 Å². The Morgan fingerprint density at radius 2 is 1.76 bits per heavy atom. The number of halogens is 2. The Bertz CT molecular complexity index is 672. The van der Waals surface area contributed by atoms with Crippen molar-refractivity contribution in [1.29, 1.82) is 0 Å². The van der Waals surface area contributed by atoms with Gasteiger partial charge in [0.1, 0.15) is 11.0 Å². The topological polar surface area (TPSA) is 55.1 Å². The third-order valence-electron chi connectivity index (χ3n) is 2.58. The van der Waals surface area contributed by atoms with Crippen LogP contribution in [0.1, 0.15) is 5.56 Å². The second-order valence-corrected chi connectivity index (χ2v) is 6.51. The molecular formula is C14H12Cl2N2OS2. The van der Waals surface area contributed by atoms with E-state index in [1.54, 1.807) is 24.3 Å². The molecule has 2 aromatic carbocycles. The van der Waals surface area contributed by atoms with Crippen molar-refractivity contribution < 1.29 is 4.21 Å². The molecule has 2 aromatic rings. The molecule has 1 atom stereocenters. The van der Waals surface area contributed by atoms with Crippen molar-refractivity contribution in [2.75, 3.05) is 4.72 Å². The van der Waals surface area contributed by atoms with Gasteiger partial charge in [-0.2, -0.15) is 0 Å². The van der Waals surface area contributed by atoms with Crippen LogP contribution >= 0.6 is 35.1 Å². The molecule has 0 amide bonds. The predicted molar refractivity (Wildman–Crippen MR) is 93.7 cm³/mol. The third-order valence-corrected chi connectivity index (χ3v) is 4.66. The molecular weight excluding hydrogens is 347 g/mol. The van der Waals surface area contributed by atoms with Gasteiger partial charge in [0.25, 0.3) is 0 Å². The normalized spacial score (nSPS) is 12.5. The Morgan fingerprint density at radius 3 is 2.43 bits per heavy atom. The summed E-state index contributed by atoms with van der Waals surface area (Å²) in [5.74, 6) is 0. The maximum Gasteiger partial charge on any atom is 0.142 e. The van der Waals surface area contributed by atoms with Crippen LogP contribution in [0.15, 0.2) is 52.8 Å². The summed E-state index contributed by atoms with van der Waals surface area (Å²) in [6, 6.07) is 12.6. The number of anilines is 1. The highest BCUT2D eigenvalue weighted by Gasteiger charge is 2.04. The first-order valence-corrected chi connectivity index (χ1v) is 8.72. The monoisotopic (exact) mass is 358 g/mol. The molecule has 0 aromatic heterocycles. The summed E-state index contributed by atoms with van der Waals surface area (Å²) in [7, 11) is -1.42. The van der Waals surface area contributed by atoms with Crippen LogP contribution in [-0.2, 0) is 11.0 Å². The molecule has 3 N–H and O–H groups in total. The largest absolute Gasteiger partial charge is 0.300 e. The van der Waals surface area contributed by atoms with Gasteiger partial charge < -0.3 is 4.72 Å². The number of benzene rings is 2. The van der Waals surface area contributed by atoms with Crippen LogP contribution in [0, 0.1) is 0 Å². The Kier molecular flexibility index (Phi) is 6.14. The molecule has 0 bridgehead atoms. The van der Waals surface area contributed by atoms with Crippen molar-refractivity contribution in [3.05, 3.63) is 63.5 Å². The molecule has 0 saturated carbocycles. The Balaban J connectivity index is 2.13. The van der Waals surface area contributed by atoms with E-state index in [1.165, 1.54) is 5.41 Å². The van der Waals surface area contributed by atoms with Gasteiger partial charge in [-0.05, 0) is 42.3 Å².